The minimum atomic E-state index is -0.225. The van der Waals surface area contributed by atoms with E-state index in [1.54, 1.807) is 24.3 Å². The summed E-state index contributed by atoms with van der Waals surface area (Å²) in [7, 11) is 0. The van der Waals surface area contributed by atoms with Gasteiger partial charge in [0, 0.05) is 12.3 Å². The lowest BCUT2D eigenvalue weighted by Gasteiger charge is -2.07. The van der Waals surface area contributed by atoms with Crippen LogP contribution in [0.1, 0.15) is 6.42 Å². The zero-order chi connectivity index (χ0) is 10.7. The number of ether oxygens (including phenoxy) is 2. The summed E-state index contributed by atoms with van der Waals surface area (Å²) in [5, 5.41) is 0. The van der Waals surface area contributed by atoms with E-state index in [0.717, 1.165) is 6.42 Å². The molecule has 2 rings (SSSR count). The highest BCUT2D eigenvalue weighted by molar-refractivity contribution is 5.75. The van der Waals surface area contributed by atoms with Gasteiger partial charge in [0.25, 0.3) is 0 Å². The van der Waals surface area contributed by atoms with E-state index in [0.29, 0.717) is 24.7 Å². The number of nitrogen functional groups attached to an aromatic ring is 1. The molecule has 1 aliphatic heterocycles. The maximum Gasteiger partial charge on any atom is 0.316 e. The molecule has 1 aromatic carbocycles. The van der Waals surface area contributed by atoms with Crippen molar-refractivity contribution in [3.8, 4) is 5.75 Å². The van der Waals surface area contributed by atoms with Crippen molar-refractivity contribution in [2.45, 2.75) is 6.42 Å². The summed E-state index contributed by atoms with van der Waals surface area (Å²) in [6.45, 7) is 1.11. The van der Waals surface area contributed by atoms with Gasteiger partial charge in [0.05, 0.1) is 12.5 Å². The van der Waals surface area contributed by atoms with E-state index in [1.165, 1.54) is 0 Å². The predicted octanol–water partition coefficient (Wildman–Crippen LogP) is 1.21. The molecule has 1 aliphatic rings. The predicted molar refractivity (Wildman–Crippen MR) is 55.4 cm³/mol. The number of benzene rings is 1. The monoisotopic (exact) mass is 207 g/mol. The first-order valence-electron chi connectivity index (χ1n) is 4.90. The maximum absolute atomic E-state index is 11.6. The lowest BCUT2D eigenvalue weighted by Crippen LogP contribution is -2.20. The Morgan fingerprint density at radius 2 is 2.13 bits per heavy atom. The summed E-state index contributed by atoms with van der Waals surface area (Å²) < 4.78 is 10.3. The van der Waals surface area contributed by atoms with Crippen molar-refractivity contribution in [2.75, 3.05) is 18.9 Å². The van der Waals surface area contributed by atoms with Crippen LogP contribution in [0.3, 0.4) is 0 Å². The Bertz CT molecular complexity index is 341. The first-order valence-corrected chi connectivity index (χ1v) is 4.90. The summed E-state index contributed by atoms with van der Waals surface area (Å²) in [5.74, 6) is 0.181. The Labute approximate surface area is 88.0 Å². The third-order valence-electron chi connectivity index (χ3n) is 2.36. The number of hydrogen-bond acceptors (Lipinski definition) is 4. The van der Waals surface area contributed by atoms with Crippen LogP contribution in [0.4, 0.5) is 5.69 Å². The third-order valence-corrected chi connectivity index (χ3v) is 2.36. The van der Waals surface area contributed by atoms with Gasteiger partial charge in [0.1, 0.15) is 5.75 Å². The normalized spacial score (nSPS) is 20.1. The number of esters is 1. The van der Waals surface area contributed by atoms with Gasteiger partial charge in [-0.1, -0.05) is 0 Å². The van der Waals surface area contributed by atoms with Crippen LogP contribution in [-0.4, -0.2) is 19.2 Å². The summed E-state index contributed by atoms with van der Waals surface area (Å²) in [6, 6.07) is 6.77. The van der Waals surface area contributed by atoms with E-state index in [9.17, 15) is 4.79 Å². The fourth-order valence-corrected chi connectivity index (χ4v) is 1.46. The van der Waals surface area contributed by atoms with Gasteiger partial charge in [-0.25, -0.2) is 0 Å². The molecule has 0 radical (unpaired) electrons. The Morgan fingerprint density at radius 1 is 1.40 bits per heavy atom. The van der Waals surface area contributed by atoms with Crippen molar-refractivity contribution in [3.63, 3.8) is 0 Å². The summed E-state index contributed by atoms with van der Waals surface area (Å²) in [4.78, 5) is 11.6. The van der Waals surface area contributed by atoms with Crippen LogP contribution in [0.25, 0.3) is 0 Å². The minimum absolute atomic E-state index is 0.123. The largest absolute Gasteiger partial charge is 0.426 e. The topological polar surface area (TPSA) is 61.5 Å². The molecular weight excluding hydrogens is 194 g/mol. The van der Waals surface area contributed by atoms with Crippen molar-refractivity contribution < 1.29 is 14.3 Å². The number of hydrogen-bond donors (Lipinski definition) is 1. The molecule has 1 fully saturated rings. The number of carbonyl (C=O) groups is 1. The Morgan fingerprint density at radius 3 is 2.73 bits per heavy atom. The number of nitrogens with two attached hydrogens (primary N) is 1. The molecule has 0 saturated carbocycles. The molecule has 1 aromatic rings. The van der Waals surface area contributed by atoms with E-state index in [4.69, 9.17) is 15.2 Å². The van der Waals surface area contributed by atoms with Gasteiger partial charge in [0.2, 0.25) is 0 Å². The maximum atomic E-state index is 11.6. The summed E-state index contributed by atoms with van der Waals surface area (Å²) in [6.07, 6.45) is 0.744. The summed E-state index contributed by atoms with van der Waals surface area (Å²) >= 11 is 0. The fraction of sp³-hybridized carbons (Fsp3) is 0.364. The van der Waals surface area contributed by atoms with E-state index in [1.807, 2.05) is 0 Å². The molecule has 0 spiro atoms. The molecule has 1 atom stereocenters. The second-order valence-electron chi connectivity index (χ2n) is 3.55. The summed E-state index contributed by atoms with van der Waals surface area (Å²) in [5.41, 5.74) is 6.17. The molecular formula is C11H13NO3. The second-order valence-corrected chi connectivity index (χ2v) is 3.55. The van der Waals surface area contributed by atoms with Gasteiger partial charge in [0.15, 0.2) is 0 Å². The molecule has 0 amide bonds. The fourth-order valence-electron chi connectivity index (χ4n) is 1.46. The number of rotatable bonds is 2. The molecule has 1 heterocycles. The van der Waals surface area contributed by atoms with Crippen molar-refractivity contribution in [1.82, 2.24) is 0 Å². The molecule has 1 unspecified atom stereocenters. The van der Waals surface area contributed by atoms with Crippen molar-refractivity contribution in [3.05, 3.63) is 24.3 Å². The SMILES string of the molecule is Nc1ccc(OC(=O)C2CCOC2)cc1. The van der Waals surface area contributed by atoms with Crippen LogP contribution >= 0.6 is 0 Å². The molecule has 80 valence electrons. The minimum Gasteiger partial charge on any atom is -0.426 e. The van der Waals surface area contributed by atoms with Crippen LogP contribution in [-0.2, 0) is 9.53 Å². The van der Waals surface area contributed by atoms with Gasteiger partial charge in [-0.05, 0) is 30.7 Å². The van der Waals surface area contributed by atoms with E-state index in [-0.39, 0.29) is 11.9 Å². The quantitative estimate of drug-likeness (QED) is 0.450. The van der Waals surface area contributed by atoms with Gasteiger partial charge in [-0.15, -0.1) is 0 Å². The number of carbonyl (C=O) groups excluding carboxylic acids is 1. The second kappa shape index (κ2) is 4.31. The lowest BCUT2D eigenvalue weighted by atomic mass is 10.1. The average Bonchev–Trinajstić information content (AvgIpc) is 2.74. The standard InChI is InChI=1S/C11H13NO3/c12-9-1-3-10(4-2-9)15-11(13)8-5-6-14-7-8/h1-4,8H,5-7,12H2. The first-order chi connectivity index (χ1) is 7.25. The number of anilines is 1. The van der Waals surface area contributed by atoms with Crippen molar-refractivity contribution >= 4 is 11.7 Å². The van der Waals surface area contributed by atoms with Gasteiger partial charge >= 0.3 is 5.97 Å². The van der Waals surface area contributed by atoms with E-state index < -0.39 is 0 Å². The van der Waals surface area contributed by atoms with Crippen molar-refractivity contribution in [1.29, 1.82) is 0 Å². The van der Waals surface area contributed by atoms with Crippen LogP contribution in [0.15, 0.2) is 24.3 Å². The average molecular weight is 207 g/mol. The highest BCUT2D eigenvalue weighted by Crippen LogP contribution is 2.18. The molecule has 2 N–H and O–H groups in total. The molecule has 15 heavy (non-hydrogen) atoms. The highest BCUT2D eigenvalue weighted by Gasteiger charge is 2.25. The molecule has 0 aliphatic carbocycles. The zero-order valence-corrected chi connectivity index (χ0v) is 8.31. The Kier molecular flexibility index (Phi) is 2.87. The van der Waals surface area contributed by atoms with Crippen LogP contribution < -0.4 is 10.5 Å². The molecule has 0 bridgehead atoms. The lowest BCUT2D eigenvalue weighted by molar-refractivity contribution is -0.138. The molecule has 0 aromatic heterocycles. The van der Waals surface area contributed by atoms with E-state index >= 15 is 0 Å². The first kappa shape index (κ1) is 9.98. The van der Waals surface area contributed by atoms with Crippen LogP contribution in [0.2, 0.25) is 0 Å². The Balaban J connectivity index is 1.96. The van der Waals surface area contributed by atoms with Gasteiger partial charge < -0.3 is 15.2 Å². The zero-order valence-electron chi connectivity index (χ0n) is 8.31. The van der Waals surface area contributed by atoms with Crippen LogP contribution in [0.5, 0.6) is 5.75 Å². The smallest absolute Gasteiger partial charge is 0.316 e. The van der Waals surface area contributed by atoms with E-state index in [2.05, 4.69) is 0 Å². The van der Waals surface area contributed by atoms with Gasteiger partial charge in [-0.2, -0.15) is 0 Å². The molecule has 4 nitrogen and oxygen atoms in total. The highest BCUT2D eigenvalue weighted by atomic mass is 16.5. The van der Waals surface area contributed by atoms with Gasteiger partial charge in [-0.3, -0.25) is 4.79 Å². The van der Waals surface area contributed by atoms with Crippen LogP contribution in [0, 0.1) is 5.92 Å². The molecule has 1 saturated heterocycles. The molecule has 4 heteroatoms. The Hall–Kier alpha value is -1.55. The van der Waals surface area contributed by atoms with Crippen molar-refractivity contribution in [2.24, 2.45) is 5.92 Å². The third kappa shape index (κ3) is 2.47.